The number of anilines is 1. The van der Waals surface area contributed by atoms with Crippen LogP contribution in [0.4, 0.5) is 14.9 Å². The van der Waals surface area contributed by atoms with E-state index >= 15 is 0 Å². The number of benzene rings is 1. The zero-order chi connectivity index (χ0) is 15.6. The van der Waals surface area contributed by atoms with Gasteiger partial charge in [0.1, 0.15) is 12.4 Å². The monoisotopic (exact) mass is 295 g/mol. The van der Waals surface area contributed by atoms with Gasteiger partial charge in [0.25, 0.3) is 0 Å². The maximum Gasteiger partial charge on any atom is 0.337 e. The molecule has 7 nitrogen and oxygen atoms in total. The van der Waals surface area contributed by atoms with Crippen LogP contribution in [0.5, 0.6) is 0 Å². The number of carbonyl (C=O) groups is 3. The van der Waals surface area contributed by atoms with Gasteiger partial charge in [-0.15, -0.1) is 0 Å². The summed E-state index contributed by atoms with van der Waals surface area (Å²) in [4.78, 5) is 37.4. The second kappa shape index (κ2) is 5.78. The molecule has 21 heavy (non-hydrogen) atoms. The third kappa shape index (κ3) is 3.28. The van der Waals surface area contributed by atoms with Crippen LogP contribution >= 0.6 is 0 Å². The minimum absolute atomic E-state index is 0.0136. The molecule has 0 radical (unpaired) electrons. The van der Waals surface area contributed by atoms with E-state index in [1.165, 1.54) is 15.9 Å². The number of hydrogen-bond donors (Lipinski definition) is 2. The zero-order valence-corrected chi connectivity index (χ0v) is 11.3. The first-order valence-electron chi connectivity index (χ1n) is 6.21. The number of nitrogens with one attached hydrogen (secondary N) is 1. The summed E-state index contributed by atoms with van der Waals surface area (Å²) < 4.78 is 13.1. The lowest BCUT2D eigenvalue weighted by Gasteiger charge is -2.32. The maximum absolute atomic E-state index is 13.1. The molecule has 1 aliphatic rings. The number of hydrogen-bond acceptors (Lipinski definition) is 3. The Labute approximate surface area is 119 Å². The number of urea groups is 1. The Morgan fingerprint density at radius 3 is 2.67 bits per heavy atom. The molecular formula is C13H14FN3O4. The minimum Gasteiger partial charge on any atom is -0.478 e. The average Bonchev–Trinajstić information content (AvgIpc) is 2.43. The maximum atomic E-state index is 13.1. The number of carbonyl (C=O) groups excluding carboxylic acids is 2. The second-order valence-corrected chi connectivity index (χ2v) is 4.66. The van der Waals surface area contributed by atoms with Gasteiger partial charge in [0.2, 0.25) is 5.91 Å². The highest BCUT2D eigenvalue weighted by atomic mass is 19.1. The Kier molecular flexibility index (Phi) is 4.06. The van der Waals surface area contributed by atoms with E-state index in [1.807, 2.05) is 0 Å². The van der Waals surface area contributed by atoms with Crippen molar-refractivity contribution in [1.29, 1.82) is 0 Å². The molecule has 1 fully saturated rings. The van der Waals surface area contributed by atoms with E-state index in [9.17, 15) is 18.8 Å². The lowest BCUT2D eigenvalue weighted by Crippen LogP contribution is -2.51. The van der Waals surface area contributed by atoms with E-state index in [-0.39, 0.29) is 23.7 Å². The van der Waals surface area contributed by atoms with E-state index < -0.39 is 17.8 Å². The van der Waals surface area contributed by atoms with Crippen molar-refractivity contribution in [2.75, 3.05) is 32.0 Å². The van der Waals surface area contributed by atoms with Gasteiger partial charge in [-0.05, 0) is 18.2 Å². The van der Waals surface area contributed by atoms with E-state index in [4.69, 9.17) is 5.11 Å². The Balaban J connectivity index is 2.13. The largest absolute Gasteiger partial charge is 0.478 e. The van der Waals surface area contributed by atoms with Crippen molar-refractivity contribution in [2.45, 2.75) is 0 Å². The topological polar surface area (TPSA) is 89.9 Å². The summed E-state index contributed by atoms with van der Waals surface area (Å²) >= 11 is 0. The van der Waals surface area contributed by atoms with Crippen LogP contribution in [0.25, 0.3) is 0 Å². The second-order valence-electron chi connectivity index (χ2n) is 4.66. The molecule has 112 valence electrons. The van der Waals surface area contributed by atoms with Crippen molar-refractivity contribution in [2.24, 2.45) is 0 Å². The van der Waals surface area contributed by atoms with Gasteiger partial charge in [-0.2, -0.15) is 0 Å². The number of amides is 3. The van der Waals surface area contributed by atoms with Crippen molar-refractivity contribution >= 4 is 23.6 Å². The molecule has 1 heterocycles. The molecule has 1 aliphatic heterocycles. The normalized spacial score (nSPS) is 15.0. The molecule has 2 N–H and O–H groups in total. The number of nitrogens with zero attached hydrogens (tertiary/aromatic N) is 2. The highest BCUT2D eigenvalue weighted by Gasteiger charge is 2.25. The molecule has 1 aromatic carbocycles. The van der Waals surface area contributed by atoms with Gasteiger partial charge in [0.15, 0.2) is 0 Å². The summed E-state index contributed by atoms with van der Waals surface area (Å²) in [6.45, 7) is 0.672. The molecule has 0 atom stereocenters. The van der Waals surface area contributed by atoms with Gasteiger partial charge in [-0.3, -0.25) is 4.79 Å². The lowest BCUT2D eigenvalue weighted by molar-refractivity contribution is -0.133. The Hall–Kier alpha value is -2.64. The van der Waals surface area contributed by atoms with Gasteiger partial charge in [0, 0.05) is 20.1 Å². The molecule has 0 aromatic heterocycles. The van der Waals surface area contributed by atoms with Gasteiger partial charge in [-0.25, -0.2) is 14.0 Å². The van der Waals surface area contributed by atoms with Gasteiger partial charge in [0.05, 0.1) is 11.3 Å². The van der Waals surface area contributed by atoms with Crippen LogP contribution in [-0.2, 0) is 4.79 Å². The summed E-state index contributed by atoms with van der Waals surface area (Å²) in [6, 6.07) is 2.46. The molecule has 1 saturated heterocycles. The molecule has 0 aliphatic carbocycles. The number of carboxylic acid groups (broad SMARTS) is 1. The molecule has 3 amide bonds. The smallest absolute Gasteiger partial charge is 0.337 e. The van der Waals surface area contributed by atoms with Gasteiger partial charge in [-0.1, -0.05) is 0 Å². The molecule has 0 bridgehead atoms. The highest BCUT2D eigenvalue weighted by Crippen LogP contribution is 2.18. The lowest BCUT2D eigenvalue weighted by atomic mass is 10.1. The van der Waals surface area contributed by atoms with E-state index in [0.29, 0.717) is 13.1 Å². The summed E-state index contributed by atoms with van der Waals surface area (Å²) in [5.74, 6) is -2.26. The predicted molar refractivity (Wildman–Crippen MR) is 71.6 cm³/mol. The first kappa shape index (κ1) is 14.8. The number of aromatic carboxylic acids is 1. The predicted octanol–water partition coefficient (Wildman–Crippen LogP) is 0.830. The van der Waals surface area contributed by atoms with Crippen LogP contribution in [0.15, 0.2) is 18.2 Å². The quantitative estimate of drug-likeness (QED) is 0.845. The third-order valence-electron chi connectivity index (χ3n) is 3.20. The standard InChI is InChI=1S/C13H14FN3O4/c1-16-4-5-17(7-11(16)18)13(21)15-10-3-2-8(14)6-9(10)12(19)20/h2-3,6H,4-5,7H2,1H3,(H,15,21)(H,19,20). The Morgan fingerprint density at radius 1 is 1.33 bits per heavy atom. The fraction of sp³-hybridized carbons (Fsp3) is 0.308. The summed E-state index contributed by atoms with van der Waals surface area (Å²) in [6.07, 6.45) is 0. The van der Waals surface area contributed by atoms with Crippen LogP contribution < -0.4 is 5.32 Å². The highest BCUT2D eigenvalue weighted by molar-refractivity contribution is 6.00. The minimum atomic E-state index is -1.35. The van der Waals surface area contributed by atoms with Crippen LogP contribution in [0, 0.1) is 5.82 Å². The molecule has 0 saturated carbocycles. The number of rotatable bonds is 2. The van der Waals surface area contributed by atoms with Gasteiger partial charge < -0.3 is 20.2 Å². The van der Waals surface area contributed by atoms with Crippen molar-refractivity contribution < 1.29 is 23.9 Å². The van der Waals surface area contributed by atoms with Crippen LogP contribution in [0.3, 0.4) is 0 Å². The summed E-state index contributed by atoms with van der Waals surface area (Å²) in [7, 11) is 1.64. The van der Waals surface area contributed by atoms with E-state index in [1.54, 1.807) is 7.05 Å². The number of likely N-dealkylation sites (N-methyl/N-ethyl adjacent to an activating group) is 1. The molecule has 1 aromatic rings. The van der Waals surface area contributed by atoms with Crippen molar-refractivity contribution in [3.63, 3.8) is 0 Å². The average molecular weight is 295 g/mol. The Bertz CT molecular complexity index is 605. The van der Waals surface area contributed by atoms with Crippen molar-refractivity contribution in [1.82, 2.24) is 9.80 Å². The fourth-order valence-electron chi connectivity index (χ4n) is 1.93. The van der Waals surface area contributed by atoms with Gasteiger partial charge >= 0.3 is 12.0 Å². The summed E-state index contributed by atoms with van der Waals surface area (Å²) in [5.41, 5.74) is -0.357. The zero-order valence-electron chi connectivity index (χ0n) is 11.3. The molecular weight excluding hydrogens is 281 g/mol. The summed E-state index contributed by atoms with van der Waals surface area (Å²) in [5, 5.41) is 11.4. The number of carboxylic acids is 1. The SMILES string of the molecule is CN1CCN(C(=O)Nc2ccc(F)cc2C(=O)O)CC1=O. The van der Waals surface area contributed by atoms with Crippen LogP contribution in [0.1, 0.15) is 10.4 Å². The molecule has 2 rings (SSSR count). The van der Waals surface area contributed by atoms with Crippen molar-refractivity contribution in [3.8, 4) is 0 Å². The first-order valence-corrected chi connectivity index (χ1v) is 6.21. The third-order valence-corrected chi connectivity index (χ3v) is 3.20. The van der Waals surface area contributed by atoms with Crippen LogP contribution in [-0.4, -0.2) is 59.5 Å². The molecule has 0 unspecified atom stereocenters. The van der Waals surface area contributed by atoms with Crippen LogP contribution in [0.2, 0.25) is 0 Å². The Morgan fingerprint density at radius 2 is 2.05 bits per heavy atom. The van der Waals surface area contributed by atoms with Crippen molar-refractivity contribution in [3.05, 3.63) is 29.6 Å². The van der Waals surface area contributed by atoms with E-state index in [0.717, 1.165) is 12.1 Å². The molecule has 8 heteroatoms. The first-order chi connectivity index (χ1) is 9.88. The van der Waals surface area contributed by atoms with E-state index in [2.05, 4.69) is 5.32 Å². The fourth-order valence-corrected chi connectivity index (χ4v) is 1.93. The molecule has 0 spiro atoms. The number of piperazine rings is 1. The number of halogens is 1.